The van der Waals surface area contributed by atoms with Gasteiger partial charge in [-0.05, 0) is 12.8 Å². The van der Waals surface area contributed by atoms with Crippen molar-refractivity contribution in [2.75, 3.05) is 0 Å². The molecule has 82 valence electrons. The molecule has 1 saturated carbocycles. The lowest BCUT2D eigenvalue weighted by molar-refractivity contribution is -0.141. The molecule has 0 atom stereocenters. The van der Waals surface area contributed by atoms with Gasteiger partial charge in [-0.15, -0.1) is 0 Å². The van der Waals surface area contributed by atoms with E-state index >= 15 is 0 Å². The van der Waals surface area contributed by atoms with E-state index in [-0.39, 0.29) is 11.6 Å². The fourth-order valence-corrected chi connectivity index (χ4v) is 1.52. The van der Waals surface area contributed by atoms with Crippen LogP contribution in [0.1, 0.15) is 35.1 Å². The summed E-state index contributed by atoms with van der Waals surface area (Å²) in [5.41, 5.74) is -0.00535. The topological polar surface area (TPSA) is 34.9 Å². The number of hydrogen-bond acceptors (Lipinski definition) is 2. The summed E-state index contributed by atoms with van der Waals surface area (Å²) in [7, 11) is 0. The number of hydrogen-bond donors (Lipinski definition) is 0. The number of halogens is 3. The van der Waals surface area contributed by atoms with E-state index in [2.05, 4.69) is 4.98 Å². The highest BCUT2D eigenvalue weighted by Crippen LogP contribution is 2.40. The molecule has 1 heterocycles. The summed E-state index contributed by atoms with van der Waals surface area (Å²) in [4.78, 5) is 14.4. The minimum absolute atomic E-state index is 0.00535. The van der Waals surface area contributed by atoms with Gasteiger partial charge in [0.1, 0.15) is 18.1 Å². The third-order valence-corrected chi connectivity index (χ3v) is 2.32. The molecule has 0 N–H and O–H groups in total. The lowest BCUT2D eigenvalue weighted by Gasteiger charge is -2.11. The van der Waals surface area contributed by atoms with Crippen LogP contribution in [0.2, 0.25) is 0 Å². The number of carbonyl (C=O) groups is 1. The van der Waals surface area contributed by atoms with E-state index < -0.39 is 12.7 Å². The molecule has 1 aromatic rings. The van der Waals surface area contributed by atoms with Gasteiger partial charge in [-0.3, -0.25) is 4.79 Å². The zero-order valence-electron chi connectivity index (χ0n) is 7.79. The van der Waals surface area contributed by atoms with Crippen molar-refractivity contribution < 1.29 is 18.0 Å². The molecule has 0 radical (unpaired) electrons. The van der Waals surface area contributed by atoms with Gasteiger partial charge in [0.05, 0.1) is 6.20 Å². The first-order chi connectivity index (χ1) is 7.01. The number of aldehydes is 1. The van der Waals surface area contributed by atoms with Gasteiger partial charge in [0.2, 0.25) is 0 Å². The molecule has 0 aliphatic heterocycles. The van der Waals surface area contributed by atoms with E-state index in [4.69, 9.17) is 0 Å². The molecule has 0 amide bonds. The fraction of sp³-hybridized carbons (Fsp3) is 0.556. The minimum atomic E-state index is -4.32. The highest BCUT2D eigenvalue weighted by atomic mass is 19.4. The SMILES string of the molecule is O=Cc1cnc(C2CC2)n1CC(F)(F)F. The van der Waals surface area contributed by atoms with Crippen molar-refractivity contribution in [3.05, 3.63) is 17.7 Å². The normalized spacial score (nSPS) is 16.7. The van der Waals surface area contributed by atoms with Gasteiger partial charge in [0.15, 0.2) is 6.29 Å². The maximum Gasteiger partial charge on any atom is 0.406 e. The van der Waals surface area contributed by atoms with Crippen molar-refractivity contribution in [3.63, 3.8) is 0 Å². The van der Waals surface area contributed by atoms with Gasteiger partial charge in [0.25, 0.3) is 0 Å². The number of nitrogens with zero attached hydrogens (tertiary/aromatic N) is 2. The summed E-state index contributed by atoms with van der Waals surface area (Å²) in [6.07, 6.45) is -1.00. The highest BCUT2D eigenvalue weighted by Gasteiger charge is 2.34. The average Bonchev–Trinajstić information content (AvgIpc) is 2.87. The molecule has 15 heavy (non-hydrogen) atoms. The quantitative estimate of drug-likeness (QED) is 0.728. The van der Waals surface area contributed by atoms with Crippen molar-refractivity contribution >= 4 is 6.29 Å². The van der Waals surface area contributed by atoms with E-state index in [0.29, 0.717) is 12.1 Å². The van der Waals surface area contributed by atoms with E-state index in [1.54, 1.807) is 0 Å². The Balaban J connectivity index is 2.32. The molecule has 6 heteroatoms. The van der Waals surface area contributed by atoms with Crippen LogP contribution in [0.5, 0.6) is 0 Å². The van der Waals surface area contributed by atoms with Crippen molar-refractivity contribution in [3.8, 4) is 0 Å². The molecule has 0 aromatic carbocycles. The van der Waals surface area contributed by atoms with Gasteiger partial charge in [-0.25, -0.2) is 4.98 Å². The van der Waals surface area contributed by atoms with Crippen LogP contribution < -0.4 is 0 Å². The van der Waals surface area contributed by atoms with Crippen LogP contribution in [-0.2, 0) is 6.54 Å². The first-order valence-corrected chi connectivity index (χ1v) is 4.58. The molecule has 0 bridgehead atoms. The number of carbonyl (C=O) groups excluding carboxylic acids is 1. The van der Waals surface area contributed by atoms with E-state index in [1.165, 1.54) is 6.20 Å². The second kappa shape index (κ2) is 3.36. The van der Waals surface area contributed by atoms with E-state index in [1.807, 2.05) is 0 Å². The summed E-state index contributed by atoms with van der Waals surface area (Å²) in [6, 6.07) is 0. The number of alkyl halides is 3. The van der Waals surface area contributed by atoms with Gasteiger partial charge < -0.3 is 4.57 Å². The Labute approximate surface area is 83.9 Å². The molecule has 2 rings (SSSR count). The standard InChI is InChI=1S/C9H9F3N2O/c10-9(11,12)5-14-7(4-15)3-13-8(14)6-1-2-6/h3-4,6H,1-2,5H2. The van der Waals surface area contributed by atoms with Crippen LogP contribution in [0.3, 0.4) is 0 Å². The van der Waals surface area contributed by atoms with Gasteiger partial charge in [-0.1, -0.05) is 0 Å². The molecule has 0 spiro atoms. The van der Waals surface area contributed by atoms with Gasteiger partial charge in [-0.2, -0.15) is 13.2 Å². The lowest BCUT2D eigenvalue weighted by atomic mass is 10.4. The Morgan fingerprint density at radius 3 is 2.67 bits per heavy atom. The number of rotatable bonds is 3. The summed E-state index contributed by atoms with van der Waals surface area (Å²) in [5, 5.41) is 0. The molecule has 1 aliphatic carbocycles. The maximum atomic E-state index is 12.2. The predicted octanol–water partition coefficient (Wildman–Crippen LogP) is 2.14. The average molecular weight is 218 g/mol. The fourth-order valence-electron chi connectivity index (χ4n) is 1.52. The van der Waals surface area contributed by atoms with Gasteiger partial charge >= 0.3 is 6.18 Å². The zero-order chi connectivity index (χ0) is 11.1. The van der Waals surface area contributed by atoms with Crippen LogP contribution in [0.4, 0.5) is 13.2 Å². The van der Waals surface area contributed by atoms with Crippen LogP contribution in [0.15, 0.2) is 6.20 Å². The van der Waals surface area contributed by atoms with Crippen molar-refractivity contribution in [2.45, 2.75) is 31.5 Å². The third-order valence-electron chi connectivity index (χ3n) is 2.32. The Kier molecular flexibility index (Phi) is 2.28. The first-order valence-electron chi connectivity index (χ1n) is 4.58. The van der Waals surface area contributed by atoms with Crippen LogP contribution >= 0.6 is 0 Å². The Morgan fingerprint density at radius 1 is 1.53 bits per heavy atom. The van der Waals surface area contributed by atoms with Crippen LogP contribution in [-0.4, -0.2) is 22.0 Å². The second-order valence-corrected chi connectivity index (χ2v) is 3.63. The summed E-state index contributed by atoms with van der Waals surface area (Å²) in [6.45, 7) is -1.13. The van der Waals surface area contributed by atoms with Crippen LogP contribution in [0.25, 0.3) is 0 Å². The lowest BCUT2D eigenvalue weighted by Crippen LogP contribution is -2.20. The largest absolute Gasteiger partial charge is 0.406 e. The summed E-state index contributed by atoms with van der Waals surface area (Å²) < 4.78 is 37.7. The molecule has 1 aliphatic rings. The smallest absolute Gasteiger partial charge is 0.316 e. The predicted molar refractivity (Wildman–Crippen MR) is 45.6 cm³/mol. The second-order valence-electron chi connectivity index (χ2n) is 3.63. The molecule has 1 aromatic heterocycles. The number of aromatic nitrogens is 2. The van der Waals surface area contributed by atoms with E-state index in [9.17, 15) is 18.0 Å². The van der Waals surface area contributed by atoms with Crippen molar-refractivity contribution in [2.24, 2.45) is 0 Å². The maximum absolute atomic E-state index is 12.2. The van der Waals surface area contributed by atoms with Gasteiger partial charge in [0, 0.05) is 5.92 Å². The van der Waals surface area contributed by atoms with Crippen LogP contribution in [0, 0.1) is 0 Å². The minimum Gasteiger partial charge on any atom is -0.316 e. The number of imidazole rings is 1. The zero-order valence-corrected chi connectivity index (χ0v) is 7.79. The third kappa shape index (κ3) is 2.19. The molecule has 0 unspecified atom stereocenters. The van der Waals surface area contributed by atoms with Crippen molar-refractivity contribution in [1.29, 1.82) is 0 Å². The first kappa shape index (κ1) is 10.2. The highest BCUT2D eigenvalue weighted by molar-refractivity contribution is 5.72. The van der Waals surface area contributed by atoms with Crippen molar-refractivity contribution in [1.82, 2.24) is 9.55 Å². The Bertz CT molecular complexity index is 379. The summed E-state index contributed by atoms with van der Waals surface area (Å²) >= 11 is 0. The Morgan fingerprint density at radius 2 is 2.20 bits per heavy atom. The monoisotopic (exact) mass is 218 g/mol. The summed E-state index contributed by atoms with van der Waals surface area (Å²) in [5.74, 6) is 0.482. The molecule has 3 nitrogen and oxygen atoms in total. The molecule has 0 saturated heterocycles. The molecular formula is C9H9F3N2O. The Hall–Kier alpha value is -1.33. The molecular weight excluding hydrogens is 209 g/mol. The molecule has 1 fully saturated rings. The van der Waals surface area contributed by atoms with E-state index in [0.717, 1.165) is 17.4 Å².